The second-order valence-electron chi connectivity index (χ2n) is 3.47. The van der Waals surface area contributed by atoms with E-state index in [1.54, 1.807) is 12.1 Å². The molecule has 0 aliphatic carbocycles. The van der Waals surface area contributed by atoms with Crippen molar-refractivity contribution in [2.75, 3.05) is 0 Å². The molecule has 18 heavy (non-hydrogen) atoms. The molecular formula is C12H9BrFN3O. The Kier molecular flexibility index (Phi) is 3.57. The van der Waals surface area contributed by atoms with E-state index in [0.717, 1.165) is 0 Å². The number of nitrogen functional groups attached to an aromatic ring is 1. The highest BCUT2D eigenvalue weighted by molar-refractivity contribution is 9.10. The Morgan fingerprint density at radius 2 is 2.11 bits per heavy atom. The minimum Gasteiger partial charge on any atom is -0.436 e. The van der Waals surface area contributed by atoms with Gasteiger partial charge in [0, 0.05) is 22.3 Å². The number of hydrogen-bond acceptors (Lipinski definition) is 3. The number of rotatable bonds is 3. The number of nitrogens with two attached hydrogens (primary N) is 1. The maximum absolute atomic E-state index is 13.5. The molecular weight excluding hydrogens is 301 g/mol. The lowest BCUT2D eigenvalue weighted by molar-refractivity contribution is 0.427. The van der Waals surface area contributed by atoms with Gasteiger partial charge >= 0.3 is 0 Å². The first-order chi connectivity index (χ1) is 8.56. The zero-order valence-electron chi connectivity index (χ0n) is 9.15. The smallest absolute Gasteiger partial charge is 0.220 e. The van der Waals surface area contributed by atoms with E-state index in [1.165, 1.54) is 24.4 Å². The zero-order chi connectivity index (χ0) is 13.1. The molecule has 0 atom stereocenters. The van der Waals surface area contributed by atoms with Crippen LogP contribution in [-0.2, 0) is 0 Å². The molecule has 1 aromatic heterocycles. The van der Waals surface area contributed by atoms with E-state index in [0.29, 0.717) is 10.0 Å². The van der Waals surface area contributed by atoms with Crippen LogP contribution < -0.4 is 10.5 Å². The van der Waals surface area contributed by atoms with Crippen molar-refractivity contribution >= 4 is 21.8 Å². The predicted molar refractivity (Wildman–Crippen MR) is 69.4 cm³/mol. The predicted octanol–water partition coefficient (Wildman–Crippen LogP) is 3.06. The molecule has 1 heterocycles. The molecule has 0 bridgehead atoms. The van der Waals surface area contributed by atoms with Gasteiger partial charge in [-0.15, -0.1) is 0 Å². The van der Waals surface area contributed by atoms with Crippen molar-refractivity contribution in [3.05, 3.63) is 52.4 Å². The Hall–Kier alpha value is -1.95. The first kappa shape index (κ1) is 12.5. The highest BCUT2D eigenvalue weighted by Crippen LogP contribution is 2.26. The summed E-state index contributed by atoms with van der Waals surface area (Å²) in [6.45, 7) is 0. The van der Waals surface area contributed by atoms with Gasteiger partial charge in [0.25, 0.3) is 0 Å². The molecule has 0 saturated carbocycles. The first-order valence-corrected chi connectivity index (χ1v) is 5.79. The maximum Gasteiger partial charge on any atom is 0.220 e. The van der Waals surface area contributed by atoms with Gasteiger partial charge in [-0.1, -0.05) is 15.9 Å². The number of nitrogens with zero attached hydrogens (tertiary/aromatic N) is 1. The lowest BCUT2D eigenvalue weighted by atomic mass is 10.2. The maximum atomic E-state index is 13.5. The third kappa shape index (κ3) is 2.84. The number of hydrogen-bond donors (Lipinski definition) is 2. The molecule has 2 rings (SSSR count). The normalized spacial score (nSPS) is 10.1. The van der Waals surface area contributed by atoms with Crippen LogP contribution in [0.5, 0.6) is 11.6 Å². The highest BCUT2D eigenvalue weighted by atomic mass is 79.9. The van der Waals surface area contributed by atoms with Crippen LogP contribution in [0.3, 0.4) is 0 Å². The molecule has 0 aliphatic rings. The van der Waals surface area contributed by atoms with Crippen LogP contribution in [-0.4, -0.2) is 10.8 Å². The van der Waals surface area contributed by atoms with Crippen LogP contribution in [0.1, 0.15) is 5.56 Å². The quantitative estimate of drug-likeness (QED) is 0.676. The summed E-state index contributed by atoms with van der Waals surface area (Å²) in [6, 6.07) is 7.41. The van der Waals surface area contributed by atoms with Gasteiger partial charge in [-0.3, -0.25) is 5.41 Å². The number of amidine groups is 1. The van der Waals surface area contributed by atoms with E-state index in [2.05, 4.69) is 20.9 Å². The summed E-state index contributed by atoms with van der Waals surface area (Å²) in [5.41, 5.74) is 5.82. The highest BCUT2D eigenvalue weighted by Gasteiger charge is 2.07. The third-order valence-electron chi connectivity index (χ3n) is 2.15. The summed E-state index contributed by atoms with van der Waals surface area (Å²) in [5, 5.41) is 7.30. The molecule has 0 spiro atoms. The van der Waals surface area contributed by atoms with Gasteiger partial charge in [0.2, 0.25) is 5.88 Å². The van der Waals surface area contributed by atoms with E-state index < -0.39 is 5.82 Å². The first-order valence-electron chi connectivity index (χ1n) is 4.99. The van der Waals surface area contributed by atoms with E-state index in [1.807, 2.05) is 0 Å². The average molecular weight is 310 g/mol. The Labute approximate surface area is 111 Å². The van der Waals surface area contributed by atoms with Crippen molar-refractivity contribution < 1.29 is 9.13 Å². The second kappa shape index (κ2) is 5.14. The molecule has 4 nitrogen and oxygen atoms in total. The topological polar surface area (TPSA) is 72.0 Å². The van der Waals surface area contributed by atoms with Crippen molar-refractivity contribution in [2.24, 2.45) is 5.73 Å². The van der Waals surface area contributed by atoms with E-state index in [4.69, 9.17) is 15.9 Å². The van der Waals surface area contributed by atoms with Crippen molar-refractivity contribution in [3.63, 3.8) is 0 Å². The lowest BCUT2D eigenvalue weighted by Crippen LogP contribution is -2.11. The van der Waals surface area contributed by atoms with Crippen LogP contribution in [0.4, 0.5) is 4.39 Å². The third-order valence-corrected chi connectivity index (χ3v) is 2.65. The van der Waals surface area contributed by atoms with E-state index >= 15 is 0 Å². The fourth-order valence-corrected chi connectivity index (χ4v) is 1.64. The van der Waals surface area contributed by atoms with Gasteiger partial charge in [0.15, 0.2) is 11.6 Å². The van der Waals surface area contributed by atoms with Gasteiger partial charge in [-0.2, -0.15) is 0 Å². The van der Waals surface area contributed by atoms with E-state index in [-0.39, 0.29) is 17.5 Å². The number of halogens is 2. The summed E-state index contributed by atoms with van der Waals surface area (Å²) < 4.78 is 19.5. The van der Waals surface area contributed by atoms with Gasteiger partial charge in [0.1, 0.15) is 5.84 Å². The molecule has 6 heteroatoms. The largest absolute Gasteiger partial charge is 0.436 e. The second-order valence-corrected chi connectivity index (χ2v) is 4.39. The van der Waals surface area contributed by atoms with Crippen molar-refractivity contribution in [3.8, 4) is 11.6 Å². The Bertz CT molecular complexity index is 604. The molecule has 1 aromatic carbocycles. The molecule has 0 saturated heterocycles. The molecule has 0 amide bonds. The minimum absolute atomic E-state index is 0.0533. The van der Waals surface area contributed by atoms with Gasteiger partial charge < -0.3 is 10.5 Å². The Morgan fingerprint density at radius 3 is 2.83 bits per heavy atom. The number of nitrogens with one attached hydrogen (secondary N) is 1. The van der Waals surface area contributed by atoms with Crippen LogP contribution in [0.2, 0.25) is 0 Å². The molecule has 0 radical (unpaired) electrons. The standard InChI is InChI=1S/C12H9BrFN3O/c13-8-1-2-9(14)10(6-8)18-11-5-7(12(15)16)3-4-17-11/h1-6H,(H3,15,16). The number of pyridine rings is 1. The molecule has 0 fully saturated rings. The Balaban J connectivity index is 2.31. The molecule has 3 N–H and O–H groups in total. The zero-order valence-corrected chi connectivity index (χ0v) is 10.7. The summed E-state index contributed by atoms with van der Waals surface area (Å²) in [4.78, 5) is 3.93. The van der Waals surface area contributed by atoms with Crippen LogP contribution in [0.25, 0.3) is 0 Å². The van der Waals surface area contributed by atoms with Crippen LogP contribution in [0, 0.1) is 11.2 Å². The van der Waals surface area contributed by atoms with Crippen molar-refractivity contribution in [2.45, 2.75) is 0 Å². The summed E-state index contributed by atoms with van der Waals surface area (Å²) in [7, 11) is 0. The molecule has 0 unspecified atom stereocenters. The fraction of sp³-hybridized carbons (Fsp3) is 0. The average Bonchev–Trinajstić information content (AvgIpc) is 2.34. The van der Waals surface area contributed by atoms with Crippen molar-refractivity contribution in [1.82, 2.24) is 4.98 Å². The monoisotopic (exact) mass is 309 g/mol. The van der Waals surface area contributed by atoms with E-state index in [9.17, 15) is 4.39 Å². The number of benzene rings is 1. The fourth-order valence-electron chi connectivity index (χ4n) is 1.30. The SMILES string of the molecule is N=C(N)c1ccnc(Oc2cc(Br)ccc2F)c1. The van der Waals surface area contributed by atoms with Crippen LogP contribution in [0.15, 0.2) is 41.0 Å². The number of ether oxygens (including phenoxy) is 1. The molecule has 2 aromatic rings. The Morgan fingerprint density at radius 1 is 1.33 bits per heavy atom. The summed E-state index contributed by atoms with van der Waals surface area (Å²) in [6.07, 6.45) is 1.45. The van der Waals surface area contributed by atoms with Gasteiger partial charge in [0.05, 0.1) is 0 Å². The van der Waals surface area contributed by atoms with Gasteiger partial charge in [-0.25, -0.2) is 9.37 Å². The lowest BCUT2D eigenvalue weighted by Gasteiger charge is -2.07. The number of aromatic nitrogens is 1. The van der Waals surface area contributed by atoms with Crippen molar-refractivity contribution in [1.29, 1.82) is 5.41 Å². The molecule has 92 valence electrons. The molecule has 0 aliphatic heterocycles. The van der Waals surface area contributed by atoms with Gasteiger partial charge in [-0.05, 0) is 24.3 Å². The summed E-state index contributed by atoms with van der Waals surface area (Å²) in [5.74, 6) is -0.359. The minimum atomic E-state index is -0.492. The van der Waals surface area contributed by atoms with Crippen LogP contribution >= 0.6 is 15.9 Å². The summed E-state index contributed by atoms with van der Waals surface area (Å²) >= 11 is 3.23.